The van der Waals surface area contributed by atoms with Crippen molar-refractivity contribution < 1.29 is 9.53 Å². The fourth-order valence-corrected chi connectivity index (χ4v) is 1.21. The Hall–Kier alpha value is -1.52. The summed E-state index contributed by atoms with van der Waals surface area (Å²) in [5.74, 6) is 0. The molecule has 5 nitrogen and oxygen atoms in total. The van der Waals surface area contributed by atoms with Gasteiger partial charge in [-0.15, -0.1) is 0 Å². The van der Waals surface area contributed by atoms with Crippen molar-refractivity contribution in [2.24, 2.45) is 0 Å². The maximum Gasteiger partial charge on any atom is 0.408 e. The van der Waals surface area contributed by atoms with Gasteiger partial charge in [0.15, 0.2) is 0 Å². The lowest BCUT2D eigenvalue weighted by molar-refractivity contribution is 0.0980. The molecule has 2 N–H and O–H groups in total. The van der Waals surface area contributed by atoms with Crippen LogP contribution >= 0.6 is 0 Å². The van der Waals surface area contributed by atoms with Crippen molar-refractivity contribution in [2.75, 3.05) is 0 Å². The Labute approximate surface area is 95.6 Å². The molecule has 1 aromatic rings. The first kappa shape index (κ1) is 12.5. The summed E-state index contributed by atoms with van der Waals surface area (Å²) in [4.78, 5) is 11.5. The van der Waals surface area contributed by atoms with Gasteiger partial charge in [0.1, 0.15) is 6.10 Å². The number of hydrogen-bond donors (Lipinski definition) is 2. The quantitative estimate of drug-likeness (QED) is 0.811. The minimum absolute atomic E-state index is 0.291. The Morgan fingerprint density at radius 1 is 1.56 bits per heavy atom. The van der Waals surface area contributed by atoms with E-state index >= 15 is 0 Å². The van der Waals surface area contributed by atoms with Crippen LogP contribution in [0.15, 0.2) is 6.07 Å². The molecule has 0 aliphatic rings. The molecule has 0 radical (unpaired) electrons. The minimum atomic E-state index is -0.424. The van der Waals surface area contributed by atoms with Crippen molar-refractivity contribution in [1.29, 1.82) is 0 Å². The number of hydrogen-bond acceptors (Lipinski definition) is 3. The average Bonchev–Trinajstić information content (AvgIpc) is 2.47. The number of ether oxygens (including phenoxy) is 1. The van der Waals surface area contributed by atoms with Gasteiger partial charge in [-0.2, -0.15) is 5.10 Å². The molecule has 1 atom stereocenters. The van der Waals surface area contributed by atoms with Crippen LogP contribution in [0.5, 0.6) is 0 Å². The van der Waals surface area contributed by atoms with Gasteiger partial charge in [-0.3, -0.25) is 5.10 Å². The second-order valence-electron chi connectivity index (χ2n) is 4.89. The lowest BCUT2D eigenvalue weighted by Crippen LogP contribution is -2.41. The SMILES string of the molecule is Cc1cc([C@@H](C)OC(=O)NC(C)(C)C)[nH]n1. The summed E-state index contributed by atoms with van der Waals surface area (Å²) in [7, 11) is 0. The molecule has 1 amide bonds. The summed E-state index contributed by atoms with van der Waals surface area (Å²) in [5.41, 5.74) is 1.38. The number of carbonyl (C=O) groups is 1. The highest BCUT2D eigenvalue weighted by Gasteiger charge is 2.18. The van der Waals surface area contributed by atoms with Gasteiger partial charge in [-0.05, 0) is 40.7 Å². The van der Waals surface area contributed by atoms with E-state index in [1.54, 1.807) is 6.92 Å². The van der Waals surface area contributed by atoms with Crippen molar-refractivity contribution in [3.05, 3.63) is 17.5 Å². The molecule has 0 aromatic carbocycles. The van der Waals surface area contributed by atoms with Crippen LogP contribution in [-0.2, 0) is 4.74 Å². The van der Waals surface area contributed by atoms with Crippen LogP contribution in [0.4, 0.5) is 4.79 Å². The third-order valence-electron chi connectivity index (χ3n) is 1.92. The van der Waals surface area contributed by atoms with E-state index < -0.39 is 6.09 Å². The van der Waals surface area contributed by atoms with E-state index in [-0.39, 0.29) is 11.6 Å². The van der Waals surface area contributed by atoms with E-state index in [1.807, 2.05) is 33.8 Å². The predicted octanol–water partition coefficient (Wildman–Crippen LogP) is 2.30. The lowest BCUT2D eigenvalue weighted by atomic mass is 10.1. The predicted molar refractivity (Wildman–Crippen MR) is 61.1 cm³/mol. The molecule has 0 saturated carbocycles. The smallest absolute Gasteiger partial charge is 0.408 e. The van der Waals surface area contributed by atoms with Crippen molar-refractivity contribution >= 4 is 6.09 Å². The van der Waals surface area contributed by atoms with E-state index in [0.717, 1.165) is 11.4 Å². The van der Waals surface area contributed by atoms with Crippen molar-refractivity contribution in [2.45, 2.75) is 46.3 Å². The number of carbonyl (C=O) groups excluding carboxylic acids is 1. The van der Waals surface area contributed by atoms with Crippen LogP contribution in [0, 0.1) is 6.92 Å². The fourth-order valence-electron chi connectivity index (χ4n) is 1.21. The molecule has 1 aromatic heterocycles. The molecular formula is C11H19N3O2. The fraction of sp³-hybridized carbons (Fsp3) is 0.636. The highest BCUT2D eigenvalue weighted by molar-refractivity contribution is 5.68. The van der Waals surface area contributed by atoms with Crippen LogP contribution in [0.25, 0.3) is 0 Å². The molecule has 1 heterocycles. The van der Waals surface area contributed by atoms with E-state index in [9.17, 15) is 4.79 Å². The largest absolute Gasteiger partial charge is 0.440 e. The lowest BCUT2D eigenvalue weighted by Gasteiger charge is -2.21. The molecule has 1 rings (SSSR count). The average molecular weight is 225 g/mol. The zero-order valence-corrected chi connectivity index (χ0v) is 10.4. The maximum absolute atomic E-state index is 11.5. The molecule has 16 heavy (non-hydrogen) atoms. The van der Waals surface area contributed by atoms with Gasteiger partial charge < -0.3 is 10.1 Å². The Kier molecular flexibility index (Phi) is 3.57. The van der Waals surface area contributed by atoms with Gasteiger partial charge in [0.2, 0.25) is 0 Å². The van der Waals surface area contributed by atoms with Gasteiger partial charge in [0.05, 0.1) is 11.4 Å². The van der Waals surface area contributed by atoms with Crippen LogP contribution < -0.4 is 5.32 Å². The standard InChI is InChI=1S/C11H19N3O2/c1-7-6-9(14-13-7)8(2)16-10(15)12-11(3,4)5/h6,8H,1-5H3,(H,12,15)(H,13,14)/t8-/m1/s1. The van der Waals surface area contributed by atoms with E-state index in [1.165, 1.54) is 0 Å². The van der Waals surface area contributed by atoms with Gasteiger partial charge in [0.25, 0.3) is 0 Å². The topological polar surface area (TPSA) is 67.0 Å². The van der Waals surface area contributed by atoms with Crippen LogP contribution in [0.2, 0.25) is 0 Å². The van der Waals surface area contributed by atoms with Gasteiger partial charge in [-0.1, -0.05) is 0 Å². The summed E-state index contributed by atoms with van der Waals surface area (Å²) in [6.07, 6.45) is -0.754. The third-order valence-corrected chi connectivity index (χ3v) is 1.92. The van der Waals surface area contributed by atoms with Crippen LogP contribution in [0.3, 0.4) is 0 Å². The first-order chi connectivity index (χ1) is 7.28. The zero-order valence-electron chi connectivity index (χ0n) is 10.4. The number of aryl methyl sites for hydroxylation is 1. The minimum Gasteiger partial charge on any atom is -0.440 e. The monoisotopic (exact) mass is 225 g/mol. The van der Waals surface area contributed by atoms with E-state index in [0.29, 0.717) is 0 Å². The van der Waals surface area contributed by atoms with E-state index in [4.69, 9.17) is 4.74 Å². The molecule has 0 saturated heterocycles. The summed E-state index contributed by atoms with van der Waals surface area (Å²) in [6.45, 7) is 9.38. The molecule has 0 unspecified atom stereocenters. The second-order valence-corrected chi connectivity index (χ2v) is 4.89. The summed E-state index contributed by atoms with van der Waals surface area (Å²) < 4.78 is 5.20. The molecule has 0 aliphatic heterocycles. The molecule has 90 valence electrons. The number of alkyl carbamates (subject to hydrolysis) is 1. The zero-order chi connectivity index (χ0) is 12.3. The van der Waals surface area contributed by atoms with E-state index in [2.05, 4.69) is 15.5 Å². The number of aromatic nitrogens is 2. The van der Waals surface area contributed by atoms with Gasteiger partial charge >= 0.3 is 6.09 Å². The molecule has 0 aliphatic carbocycles. The summed E-state index contributed by atoms with van der Waals surface area (Å²) in [5, 5.41) is 9.53. The molecular weight excluding hydrogens is 206 g/mol. The summed E-state index contributed by atoms with van der Waals surface area (Å²) in [6, 6.07) is 1.86. The Morgan fingerprint density at radius 3 is 2.62 bits per heavy atom. The number of rotatable bonds is 2. The van der Waals surface area contributed by atoms with Gasteiger partial charge in [-0.25, -0.2) is 4.79 Å². The maximum atomic E-state index is 11.5. The van der Waals surface area contributed by atoms with Crippen LogP contribution in [0.1, 0.15) is 45.2 Å². The van der Waals surface area contributed by atoms with Crippen LogP contribution in [-0.4, -0.2) is 21.8 Å². The number of H-pyrrole nitrogens is 1. The number of nitrogens with one attached hydrogen (secondary N) is 2. The second kappa shape index (κ2) is 4.55. The third kappa shape index (κ3) is 3.92. The number of amides is 1. The first-order valence-electron chi connectivity index (χ1n) is 5.28. The summed E-state index contributed by atoms with van der Waals surface area (Å²) >= 11 is 0. The number of aromatic amines is 1. The highest BCUT2D eigenvalue weighted by atomic mass is 16.6. The van der Waals surface area contributed by atoms with Crippen molar-refractivity contribution in [1.82, 2.24) is 15.5 Å². The first-order valence-corrected chi connectivity index (χ1v) is 5.28. The molecule has 5 heteroatoms. The molecule has 0 fully saturated rings. The normalized spacial score (nSPS) is 13.3. The van der Waals surface area contributed by atoms with Gasteiger partial charge in [0, 0.05) is 5.54 Å². The molecule has 0 spiro atoms. The highest BCUT2D eigenvalue weighted by Crippen LogP contribution is 2.15. The Bertz CT molecular complexity index is 366. The number of nitrogens with zero attached hydrogens (tertiary/aromatic N) is 1. The Morgan fingerprint density at radius 2 is 2.19 bits per heavy atom. The Balaban J connectivity index is 2.52. The van der Waals surface area contributed by atoms with Crippen molar-refractivity contribution in [3.8, 4) is 0 Å². The van der Waals surface area contributed by atoms with Crippen molar-refractivity contribution in [3.63, 3.8) is 0 Å². The molecule has 0 bridgehead atoms.